The van der Waals surface area contributed by atoms with E-state index in [1.165, 1.54) is 40.6 Å². The molecule has 0 radical (unpaired) electrons. The predicted octanol–water partition coefficient (Wildman–Crippen LogP) is 3.55. The summed E-state index contributed by atoms with van der Waals surface area (Å²) in [6, 6.07) is 7.91. The first-order valence-corrected chi connectivity index (χ1v) is 9.09. The van der Waals surface area contributed by atoms with Gasteiger partial charge in [0.2, 0.25) is 11.1 Å². The van der Waals surface area contributed by atoms with Gasteiger partial charge in [0.1, 0.15) is 0 Å². The molecule has 1 amide bonds. The highest BCUT2D eigenvalue weighted by molar-refractivity contribution is 8.01. The second-order valence-electron chi connectivity index (χ2n) is 3.94. The van der Waals surface area contributed by atoms with E-state index in [1.54, 1.807) is 0 Å². The zero-order chi connectivity index (χ0) is 14.4. The van der Waals surface area contributed by atoms with Gasteiger partial charge in [0.15, 0.2) is 4.34 Å². The van der Waals surface area contributed by atoms with Gasteiger partial charge in [-0.3, -0.25) is 4.79 Å². The number of hydrogen-bond donors (Lipinski definition) is 1. The van der Waals surface area contributed by atoms with Crippen molar-refractivity contribution in [2.45, 2.75) is 22.8 Å². The Morgan fingerprint density at radius 1 is 1.45 bits per heavy atom. The third-order valence-electron chi connectivity index (χ3n) is 2.52. The van der Waals surface area contributed by atoms with Gasteiger partial charge in [-0.25, -0.2) is 4.98 Å². The van der Waals surface area contributed by atoms with Gasteiger partial charge in [0.25, 0.3) is 0 Å². The summed E-state index contributed by atoms with van der Waals surface area (Å²) in [5.74, 6) is 0.323. The number of carbonyl (C=O) groups is 1. The van der Waals surface area contributed by atoms with E-state index >= 15 is 0 Å². The van der Waals surface area contributed by atoms with Crippen molar-refractivity contribution in [2.75, 3.05) is 17.3 Å². The lowest BCUT2D eigenvalue weighted by atomic mass is 10.1. The van der Waals surface area contributed by atoms with Gasteiger partial charge < -0.3 is 5.32 Å². The number of benzene rings is 1. The number of aromatic nitrogens is 2. The van der Waals surface area contributed by atoms with Crippen LogP contribution in [0.5, 0.6) is 0 Å². The van der Waals surface area contributed by atoms with Crippen molar-refractivity contribution in [3.63, 3.8) is 0 Å². The van der Waals surface area contributed by atoms with Crippen molar-refractivity contribution < 1.29 is 4.79 Å². The van der Waals surface area contributed by atoms with Crippen molar-refractivity contribution in [1.29, 1.82) is 0 Å². The molecule has 7 heteroatoms. The quantitative estimate of drug-likeness (QED) is 0.823. The first-order valence-electron chi connectivity index (χ1n) is 6.10. The van der Waals surface area contributed by atoms with Crippen LogP contribution in [-0.4, -0.2) is 27.3 Å². The molecule has 0 atom stereocenters. The summed E-state index contributed by atoms with van der Waals surface area (Å²) in [7, 11) is 0. The number of rotatable bonds is 6. The maximum absolute atomic E-state index is 11.9. The van der Waals surface area contributed by atoms with E-state index in [2.05, 4.69) is 27.7 Å². The molecule has 0 saturated heterocycles. The molecule has 2 aromatic rings. The monoisotopic (exact) mass is 325 g/mol. The van der Waals surface area contributed by atoms with Crippen molar-refractivity contribution >= 4 is 46.7 Å². The molecule has 1 aromatic carbocycles. The zero-order valence-corrected chi connectivity index (χ0v) is 13.7. The molecule has 4 nitrogen and oxygen atoms in total. The maximum Gasteiger partial charge on any atom is 0.234 e. The summed E-state index contributed by atoms with van der Waals surface area (Å²) in [6.45, 7) is 2.09. The second-order valence-corrected chi connectivity index (χ2v) is 6.69. The van der Waals surface area contributed by atoms with Crippen LogP contribution in [0.2, 0.25) is 0 Å². The first-order chi connectivity index (χ1) is 9.71. The summed E-state index contributed by atoms with van der Waals surface area (Å²) in [5, 5.41) is 3.66. The molecule has 0 unspecified atom stereocenters. The third kappa shape index (κ3) is 4.50. The Bertz CT molecular complexity index is 586. The molecule has 2 rings (SSSR count). The molecule has 1 N–H and O–H groups in total. The van der Waals surface area contributed by atoms with Crippen molar-refractivity contribution in [1.82, 2.24) is 9.36 Å². The van der Waals surface area contributed by atoms with Gasteiger partial charge >= 0.3 is 0 Å². The fourth-order valence-corrected chi connectivity index (χ4v) is 3.54. The number of nitrogens with zero attached hydrogens (tertiary/aromatic N) is 2. The molecule has 106 valence electrons. The summed E-state index contributed by atoms with van der Waals surface area (Å²) in [5.41, 5.74) is 2.06. The molecule has 0 spiro atoms. The highest BCUT2D eigenvalue weighted by Gasteiger charge is 2.08. The normalized spacial score (nSPS) is 10.5. The van der Waals surface area contributed by atoms with Gasteiger partial charge in [0, 0.05) is 5.69 Å². The standard InChI is InChI=1S/C13H15N3OS3/c1-3-9-5-4-6-10(7-9)14-11(17)8-19-13-15-12(18-2)16-20-13/h4-7H,3,8H2,1-2H3,(H,14,17). The molecule has 1 aromatic heterocycles. The van der Waals surface area contributed by atoms with Gasteiger partial charge in [0.05, 0.1) is 5.75 Å². The average Bonchev–Trinajstić information content (AvgIpc) is 2.93. The summed E-state index contributed by atoms with van der Waals surface area (Å²) >= 11 is 4.25. The number of nitrogens with one attached hydrogen (secondary N) is 1. The van der Waals surface area contributed by atoms with Gasteiger partial charge in [-0.2, -0.15) is 4.37 Å². The lowest BCUT2D eigenvalue weighted by Crippen LogP contribution is -2.14. The van der Waals surface area contributed by atoms with E-state index in [1.807, 2.05) is 24.5 Å². The number of aryl methyl sites for hydroxylation is 1. The molecule has 0 saturated carbocycles. The molecule has 1 heterocycles. The topological polar surface area (TPSA) is 54.9 Å². The van der Waals surface area contributed by atoms with Gasteiger partial charge in [-0.1, -0.05) is 42.6 Å². The fourth-order valence-electron chi connectivity index (χ4n) is 1.53. The van der Waals surface area contributed by atoms with Crippen LogP contribution in [-0.2, 0) is 11.2 Å². The minimum Gasteiger partial charge on any atom is -0.325 e. The van der Waals surface area contributed by atoms with Crippen LogP contribution >= 0.6 is 35.1 Å². The molecule has 0 bridgehead atoms. The molecular weight excluding hydrogens is 310 g/mol. The van der Waals surface area contributed by atoms with Crippen LogP contribution in [0, 0.1) is 0 Å². The fraction of sp³-hybridized carbons (Fsp3) is 0.308. The van der Waals surface area contributed by atoms with Crippen LogP contribution in [0.3, 0.4) is 0 Å². The summed E-state index contributed by atoms with van der Waals surface area (Å²) < 4.78 is 4.99. The van der Waals surface area contributed by atoms with E-state index < -0.39 is 0 Å². The summed E-state index contributed by atoms with van der Waals surface area (Å²) in [6.07, 6.45) is 2.89. The third-order valence-corrected chi connectivity index (χ3v) is 5.01. The summed E-state index contributed by atoms with van der Waals surface area (Å²) in [4.78, 5) is 16.2. The van der Waals surface area contributed by atoms with Gasteiger partial charge in [-0.15, -0.1) is 0 Å². The minimum atomic E-state index is -0.0239. The lowest BCUT2D eigenvalue weighted by Gasteiger charge is -2.05. The highest BCUT2D eigenvalue weighted by atomic mass is 32.2. The van der Waals surface area contributed by atoms with Crippen molar-refractivity contribution in [3.05, 3.63) is 29.8 Å². The molecule has 0 aliphatic heterocycles. The number of anilines is 1. The Kier molecular flexibility index (Phi) is 5.87. The van der Waals surface area contributed by atoms with Crippen LogP contribution in [0.1, 0.15) is 12.5 Å². The van der Waals surface area contributed by atoms with Crippen molar-refractivity contribution in [3.8, 4) is 0 Å². The number of carbonyl (C=O) groups excluding carboxylic acids is 1. The van der Waals surface area contributed by atoms with E-state index in [9.17, 15) is 4.79 Å². The Hall–Kier alpha value is -1.05. The average molecular weight is 325 g/mol. The Morgan fingerprint density at radius 2 is 2.30 bits per heavy atom. The lowest BCUT2D eigenvalue weighted by molar-refractivity contribution is -0.113. The van der Waals surface area contributed by atoms with Crippen LogP contribution < -0.4 is 5.32 Å². The molecule has 0 aliphatic rings. The van der Waals surface area contributed by atoms with Crippen LogP contribution in [0.25, 0.3) is 0 Å². The number of thioether (sulfide) groups is 2. The van der Waals surface area contributed by atoms with E-state index in [4.69, 9.17) is 0 Å². The maximum atomic E-state index is 11.9. The minimum absolute atomic E-state index is 0.0239. The predicted molar refractivity (Wildman–Crippen MR) is 86.9 cm³/mol. The highest BCUT2D eigenvalue weighted by Crippen LogP contribution is 2.23. The first kappa shape index (κ1) is 15.3. The SMILES string of the molecule is CCc1cccc(NC(=O)CSc2nc(SC)ns2)c1. The smallest absolute Gasteiger partial charge is 0.234 e. The molecule has 0 fully saturated rings. The second kappa shape index (κ2) is 7.66. The Morgan fingerprint density at radius 3 is 3.00 bits per heavy atom. The number of hydrogen-bond acceptors (Lipinski definition) is 6. The van der Waals surface area contributed by atoms with Crippen molar-refractivity contribution in [2.24, 2.45) is 0 Å². The van der Waals surface area contributed by atoms with Crippen LogP contribution in [0.15, 0.2) is 33.8 Å². The Balaban J connectivity index is 1.85. The van der Waals surface area contributed by atoms with E-state index in [0.717, 1.165) is 21.6 Å². The molecule has 20 heavy (non-hydrogen) atoms. The molecule has 0 aliphatic carbocycles. The number of amides is 1. The largest absolute Gasteiger partial charge is 0.325 e. The van der Waals surface area contributed by atoms with Gasteiger partial charge in [-0.05, 0) is 41.9 Å². The van der Waals surface area contributed by atoms with E-state index in [-0.39, 0.29) is 5.91 Å². The molecular formula is C13H15N3OS3. The van der Waals surface area contributed by atoms with Crippen LogP contribution in [0.4, 0.5) is 5.69 Å². The Labute approximate surface area is 130 Å². The van der Waals surface area contributed by atoms with E-state index in [0.29, 0.717) is 5.75 Å². The zero-order valence-electron chi connectivity index (χ0n) is 11.3.